The van der Waals surface area contributed by atoms with Crippen molar-refractivity contribution in [1.82, 2.24) is 9.78 Å². The predicted octanol–water partition coefficient (Wildman–Crippen LogP) is 4.91. The number of anilines is 1. The maximum atomic E-state index is 13.1. The molecule has 0 spiro atoms. The number of fused-ring (bicyclic) bond motifs is 1. The van der Waals surface area contributed by atoms with Crippen molar-refractivity contribution in [2.45, 2.75) is 17.4 Å². The van der Waals surface area contributed by atoms with E-state index in [0.717, 1.165) is 34.0 Å². The third-order valence-electron chi connectivity index (χ3n) is 4.87. The molecule has 0 saturated heterocycles. The molecule has 0 fully saturated rings. The van der Waals surface area contributed by atoms with Crippen molar-refractivity contribution in [2.24, 2.45) is 7.05 Å². The number of hydrogen-bond donors (Lipinski definition) is 1. The quantitative estimate of drug-likeness (QED) is 0.663. The van der Waals surface area contributed by atoms with Crippen molar-refractivity contribution in [2.75, 3.05) is 12.4 Å². The van der Waals surface area contributed by atoms with E-state index >= 15 is 0 Å². The van der Waals surface area contributed by atoms with Crippen LogP contribution in [0.1, 0.15) is 32.9 Å². The predicted molar refractivity (Wildman–Crippen MR) is 113 cm³/mol. The van der Waals surface area contributed by atoms with Crippen LogP contribution >= 0.6 is 23.4 Å². The van der Waals surface area contributed by atoms with Gasteiger partial charge in [-0.1, -0.05) is 35.9 Å². The molecule has 0 radical (unpaired) electrons. The van der Waals surface area contributed by atoms with Crippen LogP contribution in [0.2, 0.25) is 5.02 Å². The highest BCUT2D eigenvalue weighted by Crippen LogP contribution is 2.50. The second kappa shape index (κ2) is 7.53. The number of nitrogens with one attached hydrogen (secondary N) is 1. The third kappa shape index (κ3) is 3.38. The molecule has 2 aromatic carbocycles. The number of thioether (sulfide) groups is 1. The maximum absolute atomic E-state index is 13.1. The van der Waals surface area contributed by atoms with Gasteiger partial charge in [0.25, 0.3) is 0 Å². The first-order chi connectivity index (χ1) is 13.5. The van der Waals surface area contributed by atoms with Gasteiger partial charge < -0.3 is 10.1 Å². The smallest absolute Gasteiger partial charge is 0.243 e. The van der Waals surface area contributed by atoms with Crippen LogP contribution in [0.5, 0.6) is 5.75 Å². The zero-order valence-corrected chi connectivity index (χ0v) is 17.3. The lowest BCUT2D eigenvalue weighted by atomic mass is 10.0. The lowest BCUT2D eigenvalue weighted by Gasteiger charge is -2.20. The van der Waals surface area contributed by atoms with E-state index in [2.05, 4.69) is 10.4 Å². The van der Waals surface area contributed by atoms with E-state index in [9.17, 15) is 4.79 Å². The molecule has 1 N–H and O–H groups in total. The number of nitrogens with zero attached hydrogens (tertiary/aromatic N) is 2. The average Bonchev–Trinajstić information content (AvgIpc) is 2.87. The molecule has 1 amide bonds. The van der Waals surface area contributed by atoms with E-state index in [1.54, 1.807) is 23.6 Å². The summed E-state index contributed by atoms with van der Waals surface area (Å²) in [6, 6.07) is 15.4. The number of carbonyl (C=O) groups excluding carboxylic acids is 1. The van der Waals surface area contributed by atoms with E-state index in [1.807, 2.05) is 62.5 Å². The summed E-state index contributed by atoms with van der Waals surface area (Å²) < 4.78 is 7.03. The van der Waals surface area contributed by atoms with Crippen molar-refractivity contribution >= 4 is 35.1 Å². The van der Waals surface area contributed by atoms with Crippen LogP contribution in [0.3, 0.4) is 0 Å². The van der Waals surface area contributed by atoms with E-state index in [0.29, 0.717) is 5.02 Å². The number of hydrogen-bond acceptors (Lipinski definition) is 4. The van der Waals surface area contributed by atoms with Gasteiger partial charge in [-0.15, -0.1) is 11.8 Å². The number of aromatic nitrogens is 2. The first kappa shape index (κ1) is 18.9. The highest BCUT2D eigenvalue weighted by molar-refractivity contribution is 8.00. The van der Waals surface area contributed by atoms with Crippen LogP contribution in [-0.4, -0.2) is 22.8 Å². The molecule has 2 atom stereocenters. The molecule has 2 heterocycles. The Balaban J connectivity index is 1.82. The molecule has 0 saturated carbocycles. The Kier molecular flexibility index (Phi) is 5.08. The Labute approximate surface area is 173 Å². The Morgan fingerprint density at radius 1 is 1.07 bits per heavy atom. The van der Waals surface area contributed by atoms with E-state index in [4.69, 9.17) is 16.3 Å². The van der Waals surface area contributed by atoms with Gasteiger partial charge in [0.15, 0.2) is 0 Å². The first-order valence-electron chi connectivity index (χ1n) is 8.87. The van der Waals surface area contributed by atoms with Gasteiger partial charge >= 0.3 is 0 Å². The van der Waals surface area contributed by atoms with Crippen molar-refractivity contribution in [1.29, 1.82) is 0 Å². The molecular formula is C21H20ClN3O2S. The molecule has 7 heteroatoms. The maximum Gasteiger partial charge on any atom is 0.243 e. The van der Waals surface area contributed by atoms with Crippen molar-refractivity contribution in [3.63, 3.8) is 0 Å². The molecule has 1 aliphatic heterocycles. The van der Waals surface area contributed by atoms with Crippen LogP contribution in [-0.2, 0) is 11.8 Å². The Bertz CT molecular complexity index is 1020. The standard InChI is InChI=1S/C21H20ClN3O2S/c1-12-17-18(13-6-10-16(27-3)11-7-13)28-19(14-4-8-15(22)9-5-14)21(26)23-20(17)25(2)24-12/h4-11,18-19H,1-3H3,(H,23,26). The summed E-state index contributed by atoms with van der Waals surface area (Å²) in [6.07, 6.45) is 0. The molecule has 0 bridgehead atoms. The monoisotopic (exact) mass is 413 g/mol. The summed E-state index contributed by atoms with van der Waals surface area (Å²) in [4.78, 5) is 13.1. The number of carbonyl (C=O) groups is 1. The zero-order chi connectivity index (χ0) is 19.8. The molecule has 1 aliphatic rings. The summed E-state index contributed by atoms with van der Waals surface area (Å²) in [5.41, 5.74) is 3.95. The normalized spacial score (nSPS) is 18.9. The molecule has 28 heavy (non-hydrogen) atoms. The summed E-state index contributed by atoms with van der Waals surface area (Å²) in [5.74, 6) is 1.48. The molecule has 2 unspecified atom stereocenters. The number of ether oxygens (including phenoxy) is 1. The minimum absolute atomic E-state index is 0.0470. The van der Waals surface area contributed by atoms with Gasteiger partial charge in [-0.05, 0) is 42.3 Å². The van der Waals surface area contributed by atoms with Crippen molar-refractivity contribution < 1.29 is 9.53 Å². The van der Waals surface area contributed by atoms with Gasteiger partial charge in [-0.2, -0.15) is 5.10 Å². The fourth-order valence-electron chi connectivity index (χ4n) is 3.48. The summed E-state index contributed by atoms with van der Waals surface area (Å²) >= 11 is 7.65. The topological polar surface area (TPSA) is 56.1 Å². The van der Waals surface area contributed by atoms with Gasteiger partial charge in [0.05, 0.1) is 18.1 Å². The van der Waals surface area contributed by atoms with Crippen LogP contribution in [0.15, 0.2) is 48.5 Å². The molecule has 1 aromatic heterocycles. The summed E-state index contributed by atoms with van der Waals surface area (Å²) in [5, 5.41) is 7.85. The minimum Gasteiger partial charge on any atom is -0.497 e. The Morgan fingerprint density at radius 3 is 2.32 bits per heavy atom. The van der Waals surface area contributed by atoms with Crippen LogP contribution in [0, 0.1) is 6.92 Å². The van der Waals surface area contributed by atoms with Crippen LogP contribution in [0.25, 0.3) is 0 Å². The lowest BCUT2D eigenvalue weighted by Crippen LogP contribution is -2.19. The molecular weight excluding hydrogens is 394 g/mol. The molecule has 144 valence electrons. The second-order valence-electron chi connectivity index (χ2n) is 6.68. The van der Waals surface area contributed by atoms with Gasteiger partial charge in [0, 0.05) is 17.6 Å². The van der Waals surface area contributed by atoms with Gasteiger partial charge in [-0.25, -0.2) is 0 Å². The largest absolute Gasteiger partial charge is 0.497 e. The number of amides is 1. The van der Waals surface area contributed by atoms with Crippen molar-refractivity contribution in [3.05, 3.63) is 75.9 Å². The third-order valence-corrected chi connectivity index (χ3v) is 6.66. The van der Waals surface area contributed by atoms with Crippen molar-refractivity contribution in [3.8, 4) is 5.75 Å². The van der Waals surface area contributed by atoms with E-state index in [1.165, 1.54) is 0 Å². The van der Waals surface area contributed by atoms with Gasteiger partial charge in [0.1, 0.15) is 16.8 Å². The first-order valence-corrected chi connectivity index (χ1v) is 10.2. The number of aryl methyl sites for hydroxylation is 2. The van der Waals surface area contributed by atoms with Gasteiger partial charge in [-0.3, -0.25) is 9.48 Å². The minimum atomic E-state index is -0.365. The molecule has 4 rings (SSSR count). The summed E-state index contributed by atoms with van der Waals surface area (Å²) in [6.45, 7) is 1.98. The number of benzene rings is 2. The SMILES string of the molecule is COc1ccc(C2SC(c3ccc(Cl)cc3)C(=O)Nc3c2c(C)nn3C)cc1. The molecule has 5 nitrogen and oxygen atoms in total. The van der Waals surface area contributed by atoms with Crippen LogP contribution < -0.4 is 10.1 Å². The Hall–Kier alpha value is -2.44. The fourth-order valence-corrected chi connectivity index (χ4v) is 5.10. The van der Waals surface area contributed by atoms with Crippen LogP contribution in [0.4, 0.5) is 5.82 Å². The molecule has 3 aromatic rings. The van der Waals surface area contributed by atoms with E-state index < -0.39 is 0 Å². The number of methoxy groups -OCH3 is 1. The second-order valence-corrected chi connectivity index (χ2v) is 8.33. The van der Waals surface area contributed by atoms with Gasteiger partial charge in [0.2, 0.25) is 5.91 Å². The summed E-state index contributed by atoms with van der Waals surface area (Å²) in [7, 11) is 3.50. The highest BCUT2D eigenvalue weighted by atomic mass is 35.5. The number of halogens is 1. The van der Waals surface area contributed by atoms with E-state index in [-0.39, 0.29) is 16.4 Å². The fraction of sp³-hybridized carbons (Fsp3) is 0.238. The lowest BCUT2D eigenvalue weighted by molar-refractivity contribution is -0.115. The Morgan fingerprint density at radius 2 is 1.68 bits per heavy atom. The average molecular weight is 414 g/mol. The number of rotatable bonds is 3. The molecule has 0 aliphatic carbocycles. The zero-order valence-electron chi connectivity index (χ0n) is 15.8. The highest BCUT2D eigenvalue weighted by Gasteiger charge is 2.35.